The molecule has 102 valence electrons. The Morgan fingerprint density at radius 3 is 2.26 bits per heavy atom. The van der Waals surface area contributed by atoms with Gasteiger partial charge < -0.3 is 0 Å². The monoisotopic (exact) mass is 336 g/mol. The van der Waals surface area contributed by atoms with Crippen LogP contribution in [-0.4, -0.2) is 0 Å². The molecule has 0 radical (unpaired) electrons. The van der Waals surface area contributed by atoms with Crippen molar-refractivity contribution in [1.82, 2.24) is 0 Å². The predicted molar refractivity (Wildman–Crippen MR) is 89.6 cm³/mol. The third-order valence-electron chi connectivity index (χ3n) is 3.46. The Kier molecular flexibility index (Phi) is 4.52. The van der Waals surface area contributed by atoms with Crippen LogP contribution in [0.5, 0.6) is 0 Å². The zero-order valence-corrected chi connectivity index (χ0v) is 14.4. The summed E-state index contributed by atoms with van der Waals surface area (Å²) in [7, 11) is 0. The first kappa shape index (κ1) is 14.8. The van der Waals surface area contributed by atoms with Gasteiger partial charge in [-0.05, 0) is 40.0 Å². The van der Waals surface area contributed by atoms with Gasteiger partial charge in [-0.2, -0.15) is 0 Å². The molecule has 1 heterocycles. The number of alkyl halides is 1. The highest BCUT2D eigenvalue weighted by atomic mass is 79.9. The van der Waals surface area contributed by atoms with Crippen LogP contribution in [-0.2, 0) is 11.8 Å². The minimum Gasteiger partial charge on any atom is -0.147 e. The molecule has 1 unspecified atom stereocenters. The van der Waals surface area contributed by atoms with Crippen molar-refractivity contribution in [2.45, 2.75) is 44.4 Å². The predicted octanol–water partition coefficient (Wildman–Crippen LogP) is 6.09. The van der Waals surface area contributed by atoms with Crippen LogP contribution in [0.4, 0.5) is 0 Å². The summed E-state index contributed by atoms with van der Waals surface area (Å²) in [6.45, 7) is 8.97. The van der Waals surface area contributed by atoms with Crippen LogP contribution in [0, 0.1) is 0 Å². The third kappa shape index (κ3) is 3.29. The van der Waals surface area contributed by atoms with Crippen LogP contribution in [0.1, 0.15) is 54.1 Å². The molecule has 0 fully saturated rings. The van der Waals surface area contributed by atoms with Crippen molar-refractivity contribution >= 4 is 27.3 Å². The Hall–Kier alpha value is -0.600. The summed E-state index contributed by atoms with van der Waals surface area (Å²) in [5.41, 5.74) is 4.40. The molecule has 0 saturated carbocycles. The van der Waals surface area contributed by atoms with E-state index in [2.05, 4.69) is 79.3 Å². The molecule has 0 aliphatic carbocycles. The molecule has 0 nitrogen and oxygen atoms in total. The highest BCUT2D eigenvalue weighted by Gasteiger charge is 2.17. The molecule has 19 heavy (non-hydrogen) atoms. The Morgan fingerprint density at radius 2 is 1.74 bits per heavy atom. The van der Waals surface area contributed by atoms with Gasteiger partial charge in [0.05, 0.1) is 4.83 Å². The van der Waals surface area contributed by atoms with E-state index < -0.39 is 0 Å². The van der Waals surface area contributed by atoms with Gasteiger partial charge in [0.2, 0.25) is 0 Å². The van der Waals surface area contributed by atoms with Crippen molar-refractivity contribution in [2.24, 2.45) is 0 Å². The summed E-state index contributed by atoms with van der Waals surface area (Å²) in [4.78, 5) is 1.75. The Labute approximate surface area is 129 Å². The van der Waals surface area contributed by atoms with Gasteiger partial charge >= 0.3 is 0 Å². The first-order valence-electron chi connectivity index (χ1n) is 6.74. The lowest BCUT2D eigenvalue weighted by Gasteiger charge is -2.20. The lowest BCUT2D eigenvalue weighted by molar-refractivity contribution is 0.590. The fourth-order valence-corrected chi connectivity index (χ4v) is 4.09. The Bertz CT molecular complexity index is 531. The van der Waals surface area contributed by atoms with E-state index in [1.807, 2.05) is 11.3 Å². The molecule has 2 heteroatoms. The minimum atomic E-state index is 0.220. The molecule has 0 spiro atoms. The van der Waals surface area contributed by atoms with E-state index in [-0.39, 0.29) is 5.41 Å². The van der Waals surface area contributed by atoms with Crippen LogP contribution >= 0.6 is 27.3 Å². The number of halogens is 1. The lowest BCUT2D eigenvalue weighted by Crippen LogP contribution is -2.10. The largest absolute Gasteiger partial charge is 0.147 e. The number of rotatable bonds is 3. The summed E-state index contributed by atoms with van der Waals surface area (Å²) in [6, 6.07) is 11.2. The van der Waals surface area contributed by atoms with Gasteiger partial charge in [-0.15, -0.1) is 11.3 Å². The molecule has 0 bridgehead atoms. The Morgan fingerprint density at radius 1 is 1.11 bits per heavy atom. The van der Waals surface area contributed by atoms with Gasteiger partial charge in [-0.25, -0.2) is 0 Å². The van der Waals surface area contributed by atoms with Crippen LogP contribution < -0.4 is 0 Å². The molecule has 0 amide bonds. The van der Waals surface area contributed by atoms with Gasteiger partial charge in [0.25, 0.3) is 0 Å². The first-order valence-corrected chi connectivity index (χ1v) is 8.53. The molecule has 2 rings (SSSR count). The van der Waals surface area contributed by atoms with E-state index in [1.165, 1.54) is 21.6 Å². The number of thiophene rings is 1. The van der Waals surface area contributed by atoms with Crippen molar-refractivity contribution in [1.29, 1.82) is 0 Å². The average Bonchev–Trinajstić information content (AvgIpc) is 2.85. The summed E-state index contributed by atoms with van der Waals surface area (Å²) >= 11 is 5.69. The van der Waals surface area contributed by atoms with E-state index in [9.17, 15) is 0 Å². The molecule has 0 aliphatic heterocycles. The second-order valence-corrected chi connectivity index (χ2v) is 7.76. The summed E-state index contributed by atoms with van der Waals surface area (Å²) in [5.74, 6) is 0. The Balaban J connectivity index is 2.28. The van der Waals surface area contributed by atoms with E-state index in [0.29, 0.717) is 4.83 Å². The third-order valence-corrected chi connectivity index (χ3v) is 5.77. The van der Waals surface area contributed by atoms with Gasteiger partial charge in [-0.3, -0.25) is 0 Å². The van der Waals surface area contributed by atoms with E-state index in [0.717, 1.165) is 6.42 Å². The highest BCUT2D eigenvalue weighted by Crippen LogP contribution is 2.37. The van der Waals surface area contributed by atoms with Crippen LogP contribution in [0.15, 0.2) is 35.7 Å². The SMILES string of the molecule is CCc1ccsc1C(Br)c1ccc(C(C)(C)C)cc1. The van der Waals surface area contributed by atoms with Crippen LogP contribution in [0.3, 0.4) is 0 Å². The van der Waals surface area contributed by atoms with E-state index in [4.69, 9.17) is 0 Å². The van der Waals surface area contributed by atoms with Crippen molar-refractivity contribution in [2.75, 3.05) is 0 Å². The highest BCUT2D eigenvalue weighted by molar-refractivity contribution is 9.09. The van der Waals surface area contributed by atoms with Crippen LogP contribution in [0.2, 0.25) is 0 Å². The van der Waals surface area contributed by atoms with Gasteiger partial charge in [0, 0.05) is 4.88 Å². The molecule has 2 aromatic rings. The zero-order chi connectivity index (χ0) is 14.0. The standard InChI is InChI=1S/C17H21BrS/c1-5-12-10-11-19-16(12)15(18)13-6-8-14(9-7-13)17(2,3)4/h6-11,15H,5H2,1-4H3. The fraction of sp³-hybridized carbons (Fsp3) is 0.412. The normalized spacial score (nSPS) is 13.5. The molecule has 0 saturated heterocycles. The first-order chi connectivity index (χ1) is 8.93. The average molecular weight is 337 g/mol. The number of hydrogen-bond donors (Lipinski definition) is 0. The van der Waals surface area contributed by atoms with Crippen LogP contribution in [0.25, 0.3) is 0 Å². The molecular weight excluding hydrogens is 316 g/mol. The summed E-state index contributed by atoms with van der Waals surface area (Å²) in [5, 5.41) is 2.19. The van der Waals surface area contributed by atoms with E-state index in [1.54, 1.807) is 0 Å². The lowest BCUT2D eigenvalue weighted by atomic mass is 9.86. The minimum absolute atomic E-state index is 0.220. The maximum Gasteiger partial charge on any atom is 0.0740 e. The molecule has 0 aliphatic rings. The number of hydrogen-bond acceptors (Lipinski definition) is 1. The molecule has 0 N–H and O–H groups in total. The van der Waals surface area contributed by atoms with Crippen molar-refractivity contribution in [3.05, 3.63) is 57.3 Å². The molecule has 1 aromatic heterocycles. The maximum atomic E-state index is 3.85. The zero-order valence-electron chi connectivity index (χ0n) is 12.0. The number of aryl methyl sites for hydroxylation is 1. The molecular formula is C17H21BrS. The van der Waals surface area contributed by atoms with Gasteiger partial charge in [0.15, 0.2) is 0 Å². The second-order valence-electron chi connectivity index (χ2n) is 5.90. The smallest absolute Gasteiger partial charge is 0.0740 e. The second kappa shape index (κ2) is 5.80. The topological polar surface area (TPSA) is 0 Å². The van der Waals surface area contributed by atoms with Gasteiger partial charge in [0.1, 0.15) is 0 Å². The quantitative estimate of drug-likeness (QED) is 0.594. The number of benzene rings is 1. The fourth-order valence-electron chi connectivity index (χ4n) is 2.17. The van der Waals surface area contributed by atoms with Crippen molar-refractivity contribution in [3.63, 3.8) is 0 Å². The molecule has 1 aromatic carbocycles. The summed E-state index contributed by atoms with van der Waals surface area (Å²) < 4.78 is 0. The molecule has 1 atom stereocenters. The van der Waals surface area contributed by atoms with Gasteiger partial charge in [-0.1, -0.05) is 67.9 Å². The van der Waals surface area contributed by atoms with Crippen molar-refractivity contribution in [3.8, 4) is 0 Å². The summed E-state index contributed by atoms with van der Waals surface area (Å²) in [6.07, 6.45) is 1.10. The van der Waals surface area contributed by atoms with E-state index >= 15 is 0 Å². The maximum absolute atomic E-state index is 3.85. The van der Waals surface area contributed by atoms with Crippen molar-refractivity contribution < 1.29 is 0 Å².